The largest absolute Gasteiger partial charge is 0.504 e. The Balaban J connectivity index is 2.78. The maximum absolute atomic E-state index is 10.1. The normalized spacial score (nSPS) is 10.8. The highest BCUT2D eigenvalue weighted by Crippen LogP contribution is 2.34. The van der Waals surface area contributed by atoms with Crippen LogP contribution in [0.1, 0.15) is 70.8 Å². The van der Waals surface area contributed by atoms with E-state index in [1.165, 1.54) is 57.1 Å². The number of nitrogens with zero attached hydrogens (tertiary/aromatic N) is 1. The van der Waals surface area contributed by atoms with Crippen LogP contribution in [-0.2, 0) is 0 Å². The van der Waals surface area contributed by atoms with Crippen LogP contribution in [0.15, 0.2) is 12.1 Å². The Morgan fingerprint density at radius 1 is 0.913 bits per heavy atom. The second-order valence-corrected chi connectivity index (χ2v) is 6.42. The summed E-state index contributed by atoms with van der Waals surface area (Å²) in [6, 6.07) is 4.06. The number of rotatable bonds is 12. The molecule has 0 fully saturated rings. The number of unbranched alkanes of at least 4 members (excludes halogenated alkanes) is 6. The van der Waals surface area contributed by atoms with Crippen LogP contribution in [0.5, 0.6) is 11.5 Å². The third kappa shape index (κ3) is 6.72. The highest BCUT2D eigenvalue weighted by Gasteiger charge is 2.12. The minimum absolute atomic E-state index is 0.258. The van der Waals surface area contributed by atoms with Gasteiger partial charge in [-0.05, 0) is 31.4 Å². The van der Waals surface area contributed by atoms with E-state index in [-0.39, 0.29) is 5.75 Å². The number of aryl methyl sites for hydroxylation is 1. The molecule has 0 unspecified atom stereocenters. The third-order valence-electron chi connectivity index (χ3n) is 4.40. The summed E-state index contributed by atoms with van der Waals surface area (Å²) >= 11 is 0. The number of benzene rings is 1. The molecule has 0 bridgehead atoms. The van der Waals surface area contributed by atoms with Crippen molar-refractivity contribution in [2.45, 2.75) is 72.1 Å². The van der Waals surface area contributed by atoms with Crippen LogP contribution in [-0.4, -0.2) is 25.3 Å². The molecule has 0 aliphatic carbocycles. The maximum Gasteiger partial charge on any atom is 0.162 e. The smallest absolute Gasteiger partial charge is 0.162 e. The number of hydrogen-bond donors (Lipinski definition) is 1. The van der Waals surface area contributed by atoms with Crippen LogP contribution < -0.4 is 9.64 Å². The van der Waals surface area contributed by atoms with Gasteiger partial charge in [-0.25, -0.2) is 0 Å². The van der Waals surface area contributed by atoms with Gasteiger partial charge in [0, 0.05) is 24.8 Å². The minimum atomic E-state index is 0.258. The average Bonchev–Trinajstić information content (AvgIpc) is 2.56. The number of aromatic hydroxyl groups is 1. The van der Waals surface area contributed by atoms with Crippen molar-refractivity contribution in [1.82, 2.24) is 0 Å². The van der Waals surface area contributed by atoms with Crippen molar-refractivity contribution >= 4 is 5.69 Å². The van der Waals surface area contributed by atoms with Gasteiger partial charge in [0.25, 0.3) is 0 Å². The van der Waals surface area contributed by atoms with Crippen LogP contribution in [0, 0.1) is 6.92 Å². The summed E-state index contributed by atoms with van der Waals surface area (Å²) in [7, 11) is 1.62. The van der Waals surface area contributed by atoms with Crippen LogP contribution >= 0.6 is 0 Å². The van der Waals surface area contributed by atoms with Crippen molar-refractivity contribution in [3.63, 3.8) is 0 Å². The minimum Gasteiger partial charge on any atom is -0.504 e. The van der Waals surface area contributed by atoms with Gasteiger partial charge in [0.1, 0.15) is 0 Å². The molecular weight excluding hydrogens is 286 g/mol. The zero-order valence-corrected chi connectivity index (χ0v) is 15.5. The van der Waals surface area contributed by atoms with Gasteiger partial charge < -0.3 is 14.7 Å². The van der Waals surface area contributed by atoms with Gasteiger partial charge in [0.2, 0.25) is 0 Å². The molecule has 0 heterocycles. The zero-order chi connectivity index (χ0) is 17.1. The predicted octanol–water partition coefficient (Wildman–Crippen LogP) is 5.68. The lowest BCUT2D eigenvalue weighted by molar-refractivity contribution is 0.371. The second kappa shape index (κ2) is 11.2. The first kappa shape index (κ1) is 19.7. The number of hydrogen-bond acceptors (Lipinski definition) is 3. The van der Waals surface area contributed by atoms with E-state index >= 15 is 0 Å². The van der Waals surface area contributed by atoms with Gasteiger partial charge in [-0.2, -0.15) is 0 Å². The maximum atomic E-state index is 10.1. The van der Waals surface area contributed by atoms with Crippen molar-refractivity contribution in [2.24, 2.45) is 0 Å². The Morgan fingerprint density at radius 3 is 1.96 bits per heavy atom. The highest BCUT2D eigenvalue weighted by molar-refractivity contribution is 5.59. The summed E-state index contributed by atoms with van der Waals surface area (Å²) in [5, 5.41) is 10.1. The number of ether oxygens (including phenoxy) is 1. The van der Waals surface area contributed by atoms with Crippen LogP contribution in [0.2, 0.25) is 0 Å². The first-order valence-electron chi connectivity index (χ1n) is 9.26. The van der Waals surface area contributed by atoms with E-state index in [2.05, 4.69) is 24.8 Å². The fraction of sp³-hybridized carbons (Fsp3) is 0.700. The summed E-state index contributed by atoms with van der Waals surface area (Å²) in [5.41, 5.74) is 2.05. The standard InChI is InChI=1S/C20H35NO2/c1-5-7-9-11-13-21(14-12-10-8-6-2)18-15-17(3)20(22)19(16-18)23-4/h15-16,22H,5-14H2,1-4H3. The van der Waals surface area contributed by atoms with E-state index < -0.39 is 0 Å². The van der Waals surface area contributed by atoms with Crippen molar-refractivity contribution in [3.05, 3.63) is 17.7 Å². The molecule has 1 rings (SSSR count). The molecule has 1 aromatic rings. The van der Waals surface area contributed by atoms with Crippen molar-refractivity contribution in [1.29, 1.82) is 0 Å². The Labute approximate surface area is 142 Å². The Bertz CT molecular complexity index is 434. The molecule has 0 amide bonds. The molecule has 0 aliphatic rings. The van der Waals surface area contributed by atoms with Crippen LogP contribution in [0.4, 0.5) is 5.69 Å². The molecule has 0 aliphatic heterocycles. The van der Waals surface area contributed by atoms with Crippen molar-refractivity contribution in [2.75, 3.05) is 25.1 Å². The van der Waals surface area contributed by atoms with Gasteiger partial charge in [0.15, 0.2) is 11.5 Å². The van der Waals surface area contributed by atoms with Crippen molar-refractivity contribution in [3.8, 4) is 11.5 Å². The van der Waals surface area contributed by atoms with Crippen molar-refractivity contribution < 1.29 is 9.84 Å². The van der Waals surface area contributed by atoms with Gasteiger partial charge in [-0.3, -0.25) is 0 Å². The summed E-state index contributed by atoms with van der Waals surface area (Å²) in [6.07, 6.45) is 10.2. The van der Waals surface area contributed by atoms with Gasteiger partial charge >= 0.3 is 0 Å². The van der Waals surface area contributed by atoms with Gasteiger partial charge in [0.05, 0.1) is 7.11 Å². The van der Waals surface area contributed by atoms with E-state index in [0.717, 1.165) is 18.7 Å². The van der Waals surface area contributed by atoms with Crippen LogP contribution in [0.25, 0.3) is 0 Å². The first-order valence-corrected chi connectivity index (χ1v) is 9.26. The highest BCUT2D eigenvalue weighted by atomic mass is 16.5. The number of methoxy groups -OCH3 is 1. The Hall–Kier alpha value is -1.38. The molecule has 0 spiro atoms. The number of phenolic OH excluding ortho intramolecular Hbond substituents is 1. The molecule has 0 aromatic heterocycles. The molecule has 1 N–H and O–H groups in total. The SMILES string of the molecule is CCCCCCN(CCCCCC)c1cc(C)c(O)c(OC)c1. The van der Waals surface area contributed by atoms with E-state index in [4.69, 9.17) is 4.74 Å². The van der Waals surface area contributed by atoms with E-state index in [1.54, 1.807) is 7.11 Å². The Morgan fingerprint density at radius 2 is 1.48 bits per heavy atom. The molecule has 132 valence electrons. The van der Waals surface area contributed by atoms with E-state index in [9.17, 15) is 5.11 Å². The molecule has 0 saturated heterocycles. The summed E-state index contributed by atoms with van der Waals surface area (Å²) < 4.78 is 5.33. The Kier molecular flexibility index (Phi) is 9.58. The quantitative estimate of drug-likeness (QED) is 0.503. The van der Waals surface area contributed by atoms with E-state index in [0.29, 0.717) is 5.75 Å². The fourth-order valence-electron chi connectivity index (χ4n) is 2.90. The third-order valence-corrected chi connectivity index (χ3v) is 4.40. The van der Waals surface area contributed by atoms with Crippen LogP contribution in [0.3, 0.4) is 0 Å². The average molecular weight is 322 g/mol. The summed E-state index contributed by atoms with van der Waals surface area (Å²) in [6.45, 7) is 8.60. The molecule has 0 atom stereocenters. The monoisotopic (exact) mass is 321 g/mol. The fourth-order valence-corrected chi connectivity index (χ4v) is 2.90. The molecule has 0 saturated carbocycles. The molecule has 0 radical (unpaired) electrons. The summed E-state index contributed by atoms with van der Waals surface area (Å²) in [5.74, 6) is 0.834. The topological polar surface area (TPSA) is 32.7 Å². The summed E-state index contributed by atoms with van der Waals surface area (Å²) in [4.78, 5) is 2.46. The molecule has 1 aromatic carbocycles. The molecule has 3 nitrogen and oxygen atoms in total. The molecular formula is C20H35NO2. The lowest BCUT2D eigenvalue weighted by atomic mass is 10.1. The lowest BCUT2D eigenvalue weighted by Gasteiger charge is -2.26. The van der Waals surface area contributed by atoms with Gasteiger partial charge in [-0.15, -0.1) is 0 Å². The van der Waals surface area contributed by atoms with Gasteiger partial charge in [-0.1, -0.05) is 52.4 Å². The number of phenols is 1. The zero-order valence-electron chi connectivity index (χ0n) is 15.5. The predicted molar refractivity (Wildman–Crippen MR) is 99.9 cm³/mol. The molecule has 3 heteroatoms. The lowest BCUT2D eigenvalue weighted by Crippen LogP contribution is -2.26. The van der Waals surface area contributed by atoms with E-state index in [1.807, 2.05) is 13.0 Å². The molecule has 23 heavy (non-hydrogen) atoms. The number of anilines is 1. The second-order valence-electron chi connectivity index (χ2n) is 6.42. The first-order chi connectivity index (χ1) is 11.1.